The van der Waals surface area contributed by atoms with E-state index >= 15 is 0 Å². The molecule has 4 heterocycles. The zero-order valence-corrected chi connectivity index (χ0v) is 15.3. The lowest BCUT2D eigenvalue weighted by Gasteiger charge is -2.56. The van der Waals surface area contributed by atoms with E-state index in [4.69, 9.17) is 4.74 Å². The molecule has 5 rings (SSSR count). The lowest BCUT2D eigenvalue weighted by molar-refractivity contribution is -0.151. The first-order valence-electron chi connectivity index (χ1n) is 9.10. The lowest BCUT2D eigenvalue weighted by Crippen LogP contribution is -2.70. The minimum Gasteiger partial charge on any atom is -0.367 e. The molecular formula is C20H24N4O2. The summed E-state index contributed by atoms with van der Waals surface area (Å²) < 4.78 is 5.62. The number of nitrogens with zero attached hydrogens (tertiary/aromatic N) is 4. The third kappa shape index (κ3) is 3.42. The number of amides is 1. The molecule has 1 aromatic carbocycles. The molecule has 136 valence electrons. The Balaban J connectivity index is 1.31. The Morgan fingerprint density at radius 3 is 2.58 bits per heavy atom. The fourth-order valence-corrected chi connectivity index (χ4v) is 3.97. The molecule has 3 saturated heterocycles. The highest BCUT2D eigenvalue weighted by atomic mass is 16.5. The lowest BCUT2D eigenvalue weighted by atomic mass is 9.87. The van der Waals surface area contributed by atoms with Gasteiger partial charge in [-0.2, -0.15) is 0 Å². The maximum atomic E-state index is 12.5. The number of aryl methyl sites for hydroxylation is 2. The fraction of sp³-hybridized carbons (Fsp3) is 0.450. The molecular weight excluding hydrogens is 328 g/mol. The topological polar surface area (TPSA) is 58.6 Å². The second-order valence-corrected chi connectivity index (χ2v) is 7.14. The first kappa shape index (κ1) is 17.0. The van der Waals surface area contributed by atoms with Crippen LogP contribution in [0.5, 0.6) is 0 Å². The third-order valence-electron chi connectivity index (χ3n) is 5.09. The van der Waals surface area contributed by atoms with Gasteiger partial charge in [0, 0.05) is 24.8 Å². The van der Waals surface area contributed by atoms with Gasteiger partial charge < -0.3 is 14.5 Å². The summed E-state index contributed by atoms with van der Waals surface area (Å²) in [6.07, 6.45) is 1.07. The Bertz CT molecular complexity index is 763. The van der Waals surface area contributed by atoms with Crippen molar-refractivity contribution in [2.24, 2.45) is 0 Å². The van der Waals surface area contributed by atoms with Gasteiger partial charge in [-0.25, -0.2) is 9.97 Å². The molecule has 0 aliphatic carbocycles. The van der Waals surface area contributed by atoms with E-state index in [0.29, 0.717) is 6.61 Å². The highest BCUT2D eigenvalue weighted by Crippen LogP contribution is 2.34. The van der Waals surface area contributed by atoms with E-state index < -0.39 is 0 Å². The summed E-state index contributed by atoms with van der Waals surface area (Å²) in [4.78, 5) is 25.7. The molecule has 3 aliphatic heterocycles. The van der Waals surface area contributed by atoms with E-state index in [-0.39, 0.29) is 24.6 Å². The summed E-state index contributed by atoms with van der Waals surface area (Å²) in [5.41, 5.74) is 2.07. The Hall–Kier alpha value is -2.47. The van der Waals surface area contributed by atoms with Crippen LogP contribution in [-0.2, 0) is 16.1 Å². The van der Waals surface area contributed by atoms with Crippen molar-refractivity contribution in [3.63, 3.8) is 0 Å². The Morgan fingerprint density at radius 1 is 1.15 bits per heavy atom. The molecule has 6 nitrogen and oxygen atoms in total. The van der Waals surface area contributed by atoms with Gasteiger partial charge >= 0.3 is 0 Å². The van der Waals surface area contributed by atoms with Crippen LogP contribution in [0.3, 0.4) is 0 Å². The van der Waals surface area contributed by atoms with Crippen LogP contribution < -0.4 is 4.90 Å². The van der Waals surface area contributed by atoms with Gasteiger partial charge in [0.15, 0.2) is 0 Å². The molecule has 1 amide bonds. The average molecular weight is 352 g/mol. The van der Waals surface area contributed by atoms with Crippen LogP contribution in [-0.4, -0.2) is 52.6 Å². The van der Waals surface area contributed by atoms with Crippen molar-refractivity contribution >= 4 is 11.7 Å². The van der Waals surface area contributed by atoms with Crippen LogP contribution >= 0.6 is 0 Å². The van der Waals surface area contributed by atoms with Crippen molar-refractivity contribution in [1.29, 1.82) is 0 Å². The Kier molecular flexibility index (Phi) is 4.59. The number of ether oxygens (including phenoxy) is 1. The number of hydrogen-bond donors (Lipinski definition) is 0. The van der Waals surface area contributed by atoms with Crippen molar-refractivity contribution in [2.45, 2.75) is 39.0 Å². The van der Waals surface area contributed by atoms with Gasteiger partial charge in [0.25, 0.3) is 0 Å². The molecule has 0 radical (unpaired) electrons. The first-order chi connectivity index (χ1) is 12.6. The maximum Gasteiger partial charge on any atom is 0.249 e. The van der Waals surface area contributed by atoms with Crippen LogP contribution in [0.1, 0.15) is 23.5 Å². The molecule has 3 aliphatic rings. The van der Waals surface area contributed by atoms with Crippen LogP contribution in [0.15, 0.2) is 36.4 Å². The summed E-state index contributed by atoms with van der Waals surface area (Å²) in [7, 11) is 0. The molecule has 2 atom stereocenters. The number of carbonyl (C=O) groups is 1. The molecule has 2 bridgehead atoms. The first-order valence-corrected chi connectivity index (χ1v) is 9.10. The van der Waals surface area contributed by atoms with E-state index in [9.17, 15) is 4.79 Å². The number of carbonyl (C=O) groups excluding carboxylic acids is 1. The van der Waals surface area contributed by atoms with Crippen LogP contribution in [0, 0.1) is 13.8 Å². The minimum atomic E-state index is 0.0943. The van der Waals surface area contributed by atoms with Crippen LogP contribution in [0.25, 0.3) is 0 Å². The molecule has 3 fully saturated rings. The van der Waals surface area contributed by atoms with Crippen molar-refractivity contribution < 1.29 is 9.53 Å². The zero-order valence-electron chi connectivity index (χ0n) is 15.3. The van der Waals surface area contributed by atoms with E-state index in [2.05, 4.69) is 14.9 Å². The molecule has 26 heavy (non-hydrogen) atoms. The van der Waals surface area contributed by atoms with Crippen LogP contribution in [0.2, 0.25) is 0 Å². The highest BCUT2D eigenvalue weighted by molar-refractivity contribution is 5.79. The molecule has 6 heteroatoms. The molecule has 0 saturated carbocycles. The second kappa shape index (κ2) is 7.03. The SMILES string of the molecule is Cc1cc(N2CC3CC(C2)N3C(=O)COCc2ccccc2)nc(C)n1. The number of benzene rings is 1. The van der Waals surface area contributed by atoms with E-state index in [1.165, 1.54) is 0 Å². The van der Waals surface area contributed by atoms with Gasteiger partial charge in [-0.15, -0.1) is 0 Å². The van der Waals surface area contributed by atoms with Gasteiger partial charge in [0.1, 0.15) is 18.2 Å². The van der Waals surface area contributed by atoms with E-state index in [1.54, 1.807) is 0 Å². The molecule has 2 aromatic rings. The quantitative estimate of drug-likeness (QED) is 0.825. The number of fused-ring (bicyclic) bond motifs is 2. The largest absolute Gasteiger partial charge is 0.367 e. The molecule has 2 unspecified atom stereocenters. The van der Waals surface area contributed by atoms with E-state index in [0.717, 1.165) is 42.4 Å². The molecule has 0 N–H and O–H groups in total. The van der Waals surface area contributed by atoms with Gasteiger partial charge in [-0.05, 0) is 25.8 Å². The Labute approximate surface area is 153 Å². The standard InChI is InChI=1S/C20H24N4O2/c1-14-8-19(22-15(2)21-14)23-10-17-9-18(11-23)24(17)20(25)13-26-12-16-6-4-3-5-7-16/h3-8,17-18H,9-13H2,1-2H3. The third-order valence-corrected chi connectivity index (χ3v) is 5.09. The van der Waals surface area contributed by atoms with Crippen LogP contribution in [0.4, 0.5) is 5.82 Å². The number of piperidine rings is 1. The minimum absolute atomic E-state index is 0.0943. The summed E-state index contributed by atoms with van der Waals surface area (Å²) in [5.74, 6) is 1.86. The summed E-state index contributed by atoms with van der Waals surface area (Å²) in [5, 5.41) is 0. The number of hydrogen-bond acceptors (Lipinski definition) is 5. The van der Waals surface area contributed by atoms with Crippen molar-refractivity contribution in [2.75, 3.05) is 24.6 Å². The van der Waals surface area contributed by atoms with Crippen molar-refractivity contribution in [1.82, 2.24) is 14.9 Å². The number of rotatable bonds is 5. The van der Waals surface area contributed by atoms with Gasteiger partial charge in [0.2, 0.25) is 5.91 Å². The summed E-state index contributed by atoms with van der Waals surface area (Å²) in [6.45, 7) is 6.19. The van der Waals surface area contributed by atoms with E-state index in [1.807, 2.05) is 55.1 Å². The predicted octanol–water partition coefficient (Wildman–Crippen LogP) is 2.10. The summed E-state index contributed by atoms with van der Waals surface area (Å²) in [6, 6.07) is 12.5. The highest BCUT2D eigenvalue weighted by Gasteiger charge is 2.47. The zero-order chi connectivity index (χ0) is 18.1. The van der Waals surface area contributed by atoms with Gasteiger partial charge in [0.05, 0.1) is 18.7 Å². The monoisotopic (exact) mass is 352 g/mol. The molecule has 1 aromatic heterocycles. The number of piperazine rings is 1. The van der Waals surface area contributed by atoms with Crippen molar-refractivity contribution in [3.05, 3.63) is 53.5 Å². The summed E-state index contributed by atoms with van der Waals surface area (Å²) >= 11 is 0. The van der Waals surface area contributed by atoms with Crippen molar-refractivity contribution in [3.8, 4) is 0 Å². The average Bonchev–Trinajstić information content (AvgIpc) is 2.62. The second-order valence-electron chi connectivity index (χ2n) is 7.14. The number of anilines is 1. The normalized spacial score (nSPS) is 21.5. The Morgan fingerprint density at radius 2 is 1.88 bits per heavy atom. The van der Waals surface area contributed by atoms with Gasteiger partial charge in [-0.3, -0.25) is 4.79 Å². The predicted molar refractivity (Wildman–Crippen MR) is 98.9 cm³/mol. The fourth-order valence-electron chi connectivity index (χ4n) is 3.97. The van der Waals surface area contributed by atoms with Gasteiger partial charge in [-0.1, -0.05) is 30.3 Å². The maximum absolute atomic E-state index is 12.5. The molecule has 0 spiro atoms. The number of aromatic nitrogens is 2. The smallest absolute Gasteiger partial charge is 0.249 e.